The van der Waals surface area contributed by atoms with Gasteiger partial charge in [-0.25, -0.2) is 0 Å². The number of alkyl halides is 3. The van der Waals surface area contributed by atoms with Gasteiger partial charge in [0.15, 0.2) is 0 Å². The smallest absolute Gasteiger partial charge is 0.390 e. The summed E-state index contributed by atoms with van der Waals surface area (Å²) in [5.74, 6) is -0.849. The van der Waals surface area contributed by atoms with Crippen molar-refractivity contribution in [2.75, 3.05) is 20.2 Å². The zero-order valence-corrected chi connectivity index (χ0v) is 8.15. The molecule has 0 aliphatic rings. The lowest BCUT2D eigenvalue weighted by Gasteiger charge is -2.11. The van der Waals surface area contributed by atoms with Gasteiger partial charge in [-0.15, -0.1) is 0 Å². The van der Waals surface area contributed by atoms with Crippen molar-refractivity contribution >= 4 is 5.97 Å². The Morgan fingerprint density at radius 2 is 2.07 bits per heavy atom. The molecular formula is C8H14F3NO2. The van der Waals surface area contributed by atoms with Crippen molar-refractivity contribution < 1.29 is 22.7 Å². The van der Waals surface area contributed by atoms with Crippen LogP contribution >= 0.6 is 0 Å². The summed E-state index contributed by atoms with van der Waals surface area (Å²) in [6.45, 7) is 1.61. The lowest BCUT2D eigenvalue weighted by Crippen LogP contribution is -2.30. The van der Waals surface area contributed by atoms with Crippen LogP contribution in [0.15, 0.2) is 0 Å². The number of methoxy groups -OCH3 is 1. The van der Waals surface area contributed by atoms with Crippen LogP contribution in [0.3, 0.4) is 0 Å². The largest absolute Gasteiger partial charge is 0.469 e. The van der Waals surface area contributed by atoms with E-state index in [0.717, 1.165) is 0 Å². The number of nitrogens with one attached hydrogen (secondary N) is 1. The minimum atomic E-state index is -4.15. The molecule has 0 aromatic carbocycles. The molecule has 0 spiro atoms. The first-order valence-electron chi connectivity index (χ1n) is 4.22. The maximum atomic E-state index is 11.7. The van der Waals surface area contributed by atoms with Crippen molar-refractivity contribution in [2.45, 2.75) is 19.5 Å². The summed E-state index contributed by atoms with van der Waals surface area (Å²) in [6, 6.07) is 0. The molecule has 3 nitrogen and oxygen atoms in total. The molecule has 0 bridgehead atoms. The third-order valence-corrected chi connectivity index (χ3v) is 1.64. The topological polar surface area (TPSA) is 38.3 Å². The molecule has 0 radical (unpaired) electrons. The molecule has 0 heterocycles. The Morgan fingerprint density at radius 3 is 2.50 bits per heavy atom. The summed E-state index contributed by atoms with van der Waals surface area (Å²) in [7, 11) is 1.24. The van der Waals surface area contributed by atoms with Crippen LogP contribution in [0.2, 0.25) is 0 Å². The van der Waals surface area contributed by atoms with Crippen LogP contribution in [0.1, 0.15) is 13.3 Å². The summed E-state index contributed by atoms with van der Waals surface area (Å²) >= 11 is 0. The number of hydrogen-bond donors (Lipinski definition) is 1. The molecule has 14 heavy (non-hydrogen) atoms. The molecule has 0 amide bonds. The standard InChI is InChI=1S/C8H14F3NO2/c1-6(7(13)14-2)5-12-4-3-8(9,10)11/h6,12H,3-5H2,1-2H3. The van der Waals surface area contributed by atoms with Crippen LogP contribution in [0.25, 0.3) is 0 Å². The molecule has 6 heteroatoms. The Morgan fingerprint density at radius 1 is 1.50 bits per heavy atom. The zero-order chi connectivity index (χ0) is 11.2. The molecule has 1 N–H and O–H groups in total. The van der Waals surface area contributed by atoms with Crippen molar-refractivity contribution in [1.82, 2.24) is 5.32 Å². The highest BCUT2D eigenvalue weighted by Gasteiger charge is 2.26. The van der Waals surface area contributed by atoms with E-state index in [1.165, 1.54) is 7.11 Å². The van der Waals surface area contributed by atoms with Gasteiger partial charge >= 0.3 is 12.1 Å². The number of carbonyl (C=O) groups is 1. The van der Waals surface area contributed by atoms with Crippen molar-refractivity contribution in [3.05, 3.63) is 0 Å². The lowest BCUT2D eigenvalue weighted by atomic mass is 10.2. The summed E-state index contributed by atoms with van der Waals surface area (Å²) < 4.78 is 39.4. The molecule has 0 aliphatic heterocycles. The van der Waals surface area contributed by atoms with Gasteiger partial charge in [0.1, 0.15) is 0 Å². The fourth-order valence-electron chi connectivity index (χ4n) is 0.833. The summed E-state index contributed by atoms with van der Waals surface area (Å²) in [6.07, 6.45) is -5.04. The van der Waals surface area contributed by atoms with Crippen molar-refractivity contribution in [3.8, 4) is 0 Å². The minimum Gasteiger partial charge on any atom is -0.469 e. The van der Waals surface area contributed by atoms with E-state index in [9.17, 15) is 18.0 Å². The van der Waals surface area contributed by atoms with Crippen LogP contribution in [-0.2, 0) is 9.53 Å². The number of hydrogen-bond acceptors (Lipinski definition) is 3. The zero-order valence-electron chi connectivity index (χ0n) is 8.15. The van der Waals surface area contributed by atoms with Crippen LogP contribution in [-0.4, -0.2) is 32.3 Å². The van der Waals surface area contributed by atoms with Gasteiger partial charge in [-0.1, -0.05) is 6.92 Å². The van der Waals surface area contributed by atoms with E-state index in [1.807, 2.05) is 0 Å². The van der Waals surface area contributed by atoms with E-state index in [-0.39, 0.29) is 13.1 Å². The minimum absolute atomic E-state index is 0.176. The van der Waals surface area contributed by atoms with E-state index in [2.05, 4.69) is 10.1 Å². The van der Waals surface area contributed by atoms with Crippen molar-refractivity contribution in [2.24, 2.45) is 5.92 Å². The van der Waals surface area contributed by atoms with Crippen LogP contribution in [0, 0.1) is 5.92 Å². The number of rotatable bonds is 5. The number of carbonyl (C=O) groups excluding carboxylic acids is 1. The quantitative estimate of drug-likeness (QED) is 0.553. The van der Waals surface area contributed by atoms with Crippen molar-refractivity contribution in [3.63, 3.8) is 0 Å². The van der Waals surface area contributed by atoms with Gasteiger partial charge in [-0.05, 0) is 0 Å². The average molecular weight is 213 g/mol. The highest BCUT2D eigenvalue weighted by atomic mass is 19.4. The molecule has 0 saturated heterocycles. The van der Waals surface area contributed by atoms with Crippen molar-refractivity contribution in [1.29, 1.82) is 0 Å². The van der Waals surface area contributed by atoms with Gasteiger partial charge in [0.25, 0.3) is 0 Å². The fraction of sp³-hybridized carbons (Fsp3) is 0.875. The molecule has 0 aliphatic carbocycles. The summed E-state index contributed by atoms with van der Waals surface area (Å²) in [5.41, 5.74) is 0. The van der Waals surface area contributed by atoms with Gasteiger partial charge < -0.3 is 10.1 Å². The molecule has 0 saturated carbocycles. The molecule has 0 aromatic heterocycles. The molecule has 0 fully saturated rings. The highest BCUT2D eigenvalue weighted by molar-refractivity contribution is 5.71. The first-order chi connectivity index (χ1) is 6.37. The third kappa shape index (κ3) is 6.71. The number of ether oxygens (including phenoxy) is 1. The second-order valence-electron chi connectivity index (χ2n) is 2.99. The van der Waals surface area contributed by atoms with E-state index < -0.39 is 24.5 Å². The predicted molar refractivity (Wildman–Crippen MR) is 44.7 cm³/mol. The van der Waals surface area contributed by atoms with Gasteiger partial charge in [-0.3, -0.25) is 4.79 Å². The van der Waals surface area contributed by atoms with Gasteiger partial charge in [0.2, 0.25) is 0 Å². The maximum Gasteiger partial charge on any atom is 0.390 e. The molecule has 0 rings (SSSR count). The predicted octanol–water partition coefficient (Wildman–Crippen LogP) is 1.34. The third-order valence-electron chi connectivity index (χ3n) is 1.64. The SMILES string of the molecule is COC(=O)C(C)CNCCC(F)(F)F. The van der Waals surface area contributed by atoms with E-state index >= 15 is 0 Å². The Kier molecular flexibility index (Phi) is 5.52. The Labute approximate surface area is 80.6 Å². The van der Waals surface area contributed by atoms with Crippen LogP contribution in [0.5, 0.6) is 0 Å². The number of esters is 1. The Balaban J connectivity index is 3.50. The molecular weight excluding hydrogens is 199 g/mol. The van der Waals surface area contributed by atoms with E-state index in [1.54, 1.807) is 6.92 Å². The van der Waals surface area contributed by atoms with Gasteiger partial charge in [0.05, 0.1) is 19.4 Å². The van der Waals surface area contributed by atoms with Gasteiger partial charge in [0, 0.05) is 13.1 Å². The summed E-state index contributed by atoms with van der Waals surface area (Å²) in [4.78, 5) is 10.8. The number of halogens is 3. The maximum absolute atomic E-state index is 11.7. The fourth-order valence-corrected chi connectivity index (χ4v) is 0.833. The molecule has 1 atom stereocenters. The van der Waals surface area contributed by atoms with Gasteiger partial charge in [-0.2, -0.15) is 13.2 Å². The molecule has 0 aromatic rings. The first-order valence-corrected chi connectivity index (χ1v) is 4.22. The Bertz CT molecular complexity index is 182. The van der Waals surface area contributed by atoms with E-state index in [4.69, 9.17) is 0 Å². The lowest BCUT2D eigenvalue weighted by molar-refractivity contribution is -0.144. The van der Waals surface area contributed by atoms with E-state index in [0.29, 0.717) is 0 Å². The van der Waals surface area contributed by atoms with Crippen LogP contribution < -0.4 is 5.32 Å². The monoisotopic (exact) mass is 213 g/mol. The second kappa shape index (κ2) is 5.85. The molecule has 1 unspecified atom stereocenters. The average Bonchev–Trinajstić information content (AvgIpc) is 2.09. The second-order valence-corrected chi connectivity index (χ2v) is 2.99. The first kappa shape index (κ1) is 13.2. The normalized spacial score (nSPS) is 13.8. The Hall–Kier alpha value is -0.780. The highest BCUT2D eigenvalue weighted by Crippen LogP contribution is 2.18. The molecule has 84 valence electrons. The van der Waals surface area contributed by atoms with Crippen LogP contribution in [0.4, 0.5) is 13.2 Å². The summed E-state index contributed by atoms with van der Waals surface area (Å²) in [5, 5.41) is 2.54.